The summed E-state index contributed by atoms with van der Waals surface area (Å²) in [6, 6.07) is 20.9. The van der Waals surface area contributed by atoms with E-state index in [2.05, 4.69) is 4.90 Å². The number of carboxylic acid groups (broad SMARTS) is 1. The fourth-order valence-corrected chi connectivity index (χ4v) is 4.57. The molecule has 0 bridgehead atoms. The number of hydrogen-bond acceptors (Lipinski definition) is 6. The first kappa shape index (κ1) is 26.6. The van der Waals surface area contributed by atoms with E-state index in [1.165, 1.54) is 0 Å². The zero-order valence-electron chi connectivity index (χ0n) is 21.2. The van der Waals surface area contributed by atoms with Gasteiger partial charge in [0.05, 0.1) is 6.54 Å². The third-order valence-electron chi connectivity index (χ3n) is 6.48. The minimum absolute atomic E-state index is 0.00772. The number of ether oxygens (including phenoxy) is 1. The Morgan fingerprint density at radius 3 is 2.21 bits per heavy atom. The number of hydrogen-bond donors (Lipinski definition) is 3. The molecule has 10 nitrogen and oxygen atoms in total. The van der Waals surface area contributed by atoms with Crippen LogP contribution in [-0.2, 0) is 9.53 Å². The molecule has 3 aromatic rings. The van der Waals surface area contributed by atoms with Gasteiger partial charge in [-0.1, -0.05) is 30.3 Å². The lowest BCUT2D eigenvalue weighted by Gasteiger charge is -2.35. The largest absolute Gasteiger partial charge is 0.481 e. The lowest BCUT2D eigenvalue weighted by molar-refractivity contribution is -0.134. The number of nitrogens with zero attached hydrogens (tertiary/aromatic N) is 3. The average molecular weight is 518 g/mol. The van der Waals surface area contributed by atoms with Gasteiger partial charge in [-0.05, 0) is 47.2 Å². The summed E-state index contributed by atoms with van der Waals surface area (Å²) in [7, 11) is 0. The molecule has 1 unspecified atom stereocenters. The fourth-order valence-electron chi connectivity index (χ4n) is 4.57. The van der Waals surface area contributed by atoms with Gasteiger partial charge in [0.2, 0.25) is 0 Å². The maximum absolute atomic E-state index is 13.0. The summed E-state index contributed by atoms with van der Waals surface area (Å²) in [6.45, 7) is 4.94. The number of carbonyl (C=O) groups excluding carboxylic acids is 2. The summed E-state index contributed by atoms with van der Waals surface area (Å²) in [6.07, 6.45) is -0.603. The van der Waals surface area contributed by atoms with E-state index in [-0.39, 0.29) is 23.9 Å². The van der Waals surface area contributed by atoms with Crippen molar-refractivity contribution in [3.8, 4) is 0 Å². The lowest BCUT2D eigenvalue weighted by Crippen LogP contribution is -2.50. The van der Waals surface area contributed by atoms with Crippen LogP contribution in [-0.4, -0.2) is 84.1 Å². The highest BCUT2D eigenvalue weighted by atomic mass is 16.6. The monoisotopic (exact) mass is 517 g/mol. The van der Waals surface area contributed by atoms with Gasteiger partial charge in [0, 0.05) is 56.5 Å². The second-order valence-corrected chi connectivity index (χ2v) is 9.25. The minimum atomic E-state index is -0.833. The summed E-state index contributed by atoms with van der Waals surface area (Å²) in [5, 5.41) is 17.1. The number of piperazine rings is 1. The topological polar surface area (TPSA) is 140 Å². The molecule has 2 aliphatic heterocycles. The number of carbonyl (C=O) groups is 3. The van der Waals surface area contributed by atoms with Gasteiger partial charge in [0.15, 0.2) is 0 Å². The molecule has 0 aliphatic carbocycles. The molecule has 0 radical (unpaired) electrons. The Morgan fingerprint density at radius 1 is 0.974 bits per heavy atom. The Labute approximate surface area is 220 Å². The third kappa shape index (κ3) is 6.46. The number of amides is 2. The Kier molecular flexibility index (Phi) is 8.22. The van der Waals surface area contributed by atoms with E-state index >= 15 is 0 Å². The van der Waals surface area contributed by atoms with Crippen molar-refractivity contribution in [2.24, 2.45) is 5.73 Å². The van der Waals surface area contributed by atoms with Crippen LogP contribution in [0.15, 0.2) is 66.7 Å². The minimum Gasteiger partial charge on any atom is -0.481 e. The van der Waals surface area contributed by atoms with Crippen molar-refractivity contribution in [3.05, 3.63) is 77.9 Å². The van der Waals surface area contributed by atoms with Crippen LogP contribution in [0.5, 0.6) is 0 Å². The van der Waals surface area contributed by atoms with Crippen molar-refractivity contribution in [1.82, 2.24) is 9.80 Å². The van der Waals surface area contributed by atoms with Crippen LogP contribution in [0.4, 0.5) is 10.5 Å². The predicted octanol–water partition coefficient (Wildman–Crippen LogP) is 3.00. The summed E-state index contributed by atoms with van der Waals surface area (Å²) in [5.41, 5.74) is 7.55. The number of fused-ring (bicyclic) bond motifs is 1. The van der Waals surface area contributed by atoms with Crippen molar-refractivity contribution < 1.29 is 24.2 Å². The van der Waals surface area contributed by atoms with E-state index in [1.807, 2.05) is 47.4 Å². The van der Waals surface area contributed by atoms with Crippen molar-refractivity contribution in [1.29, 1.82) is 5.41 Å². The molecule has 1 atom stereocenters. The molecule has 2 saturated heterocycles. The number of nitrogens with two attached hydrogens (primary N) is 1. The number of nitrogen functional groups attached to an aromatic ring is 1. The number of amidine groups is 1. The molecule has 4 N–H and O–H groups in total. The highest BCUT2D eigenvalue weighted by Gasteiger charge is 2.34. The number of aliphatic carboxylic acids is 1. The van der Waals surface area contributed by atoms with Crippen LogP contribution >= 0.6 is 0 Å². The molecule has 198 valence electrons. The zero-order valence-corrected chi connectivity index (χ0v) is 21.2. The van der Waals surface area contributed by atoms with E-state index in [4.69, 9.17) is 25.8 Å². The van der Waals surface area contributed by atoms with Gasteiger partial charge in [-0.2, -0.15) is 0 Å². The lowest BCUT2D eigenvalue weighted by atomic mass is 10.1. The molecule has 2 amide bonds. The Hall–Kier alpha value is -4.44. The van der Waals surface area contributed by atoms with Gasteiger partial charge < -0.3 is 20.5 Å². The zero-order chi connectivity index (χ0) is 27.2. The molecule has 10 heteroatoms. The van der Waals surface area contributed by atoms with E-state index in [9.17, 15) is 9.59 Å². The van der Waals surface area contributed by atoms with E-state index in [0.717, 1.165) is 36.5 Å². The molecular weight excluding hydrogens is 486 g/mol. The number of carboxylic acids is 1. The van der Waals surface area contributed by atoms with Gasteiger partial charge >= 0.3 is 6.09 Å². The van der Waals surface area contributed by atoms with Crippen molar-refractivity contribution >= 4 is 40.3 Å². The van der Waals surface area contributed by atoms with Crippen LogP contribution < -0.4 is 10.6 Å². The van der Waals surface area contributed by atoms with Gasteiger partial charge in [-0.15, -0.1) is 0 Å². The number of rotatable bonds is 5. The predicted molar refractivity (Wildman–Crippen MR) is 145 cm³/mol. The van der Waals surface area contributed by atoms with E-state index < -0.39 is 5.97 Å². The Bertz CT molecular complexity index is 1330. The maximum atomic E-state index is 13.0. The van der Waals surface area contributed by atoms with Crippen LogP contribution in [0.25, 0.3) is 10.8 Å². The molecule has 0 saturated carbocycles. The van der Waals surface area contributed by atoms with Gasteiger partial charge in [0.25, 0.3) is 11.9 Å². The smallest absolute Gasteiger partial charge is 0.414 e. The van der Waals surface area contributed by atoms with Crippen LogP contribution in [0, 0.1) is 5.41 Å². The first-order valence-corrected chi connectivity index (χ1v) is 12.3. The number of anilines is 1. The van der Waals surface area contributed by atoms with E-state index in [0.29, 0.717) is 37.3 Å². The quantitative estimate of drug-likeness (QED) is 0.349. The highest BCUT2D eigenvalue weighted by Crippen LogP contribution is 2.23. The van der Waals surface area contributed by atoms with Gasteiger partial charge in [-0.3, -0.25) is 24.8 Å². The van der Waals surface area contributed by atoms with E-state index in [1.54, 1.807) is 29.2 Å². The summed E-state index contributed by atoms with van der Waals surface area (Å²) < 4.78 is 5.59. The SMILES string of the molecule is CC(=O)O.N=C(N)c1ccc(N2CC(CN3CCN(C(=O)c4ccc5ccccc5c4)CC3)OC2=O)cc1. The number of nitrogens with one attached hydrogen (secondary N) is 1. The van der Waals surface area contributed by atoms with Crippen molar-refractivity contribution in [2.75, 3.05) is 44.2 Å². The summed E-state index contributed by atoms with van der Waals surface area (Å²) in [5.74, 6) is -0.787. The molecule has 2 aliphatic rings. The van der Waals surface area contributed by atoms with Crippen molar-refractivity contribution in [3.63, 3.8) is 0 Å². The third-order valence-corrected chi connectivity index (χ3v) is 6.48. The second kappa shape index (κ2) is 11.7. The van der Waals surface area contributed by atoms with Crippen LogP contribution in [0.3, 0.4) is 0 Å². The molecule has 0 spiro atoms. The highest BCUT2D eigenvalue weighted by molar-refractivity contribution is 5.99. The standard InChI is InChI=1S/C26H27N5O3.C2H4O2/c27-24(28)19-7-9-22(10-8-19)31-17-23(34-26(31)33)16-29-11-13-30(14-12-29)25(32)21-6-5-18-3-1-2-4-20(18)15-21;1-2(3)4/h1-10,15,23H,11-14,16-17H2,(H3,27,28);1H3,(H,3,4). The van der Waals surface area contributed by atoms with Gasteiger partial charge in [0.1, 0.15) is 11.9 Å². The molecule has 0 aromatic heterocycles. The summed E-state index contributed by atoms with van der Waals surface area (Å²) in [4.78, 5) is 40.2. The molecule has 2 fully saturated rings. The maximum Gasteiger partial charge on any atom is 0.414 e. The van der Waals surface area contributed by atoms with Gasteiger partial charge in [-0.25, -0.2) is 4.79 Å². The Morgan fingerprint density at radius 2 is 1.58 bits per heavy atom. The Balaban J connectivity index is 0.000000786. The average Bonchev–Trinajstić information content (AvgIpc) is 3.27. The molecular formula is C28H31N5O5. The molecule has 38 heavy (non-hydrogen) atoms. The first-order chi connectivity index (χ1) is 18.2. The normalized spacial score (nSPS) is 17.5. The number of cyclic esters (lactones) is 1. The van der Waals surface area contributed by atoms with Crippen LogP contribution in [0.1, 0.15) is 22.8 Å². The van der Waals surface area contributed by atoms with Crippen LogP contribution in [0.2, 0.25) is 0 Å². The molecule has 3 aromatic carbocycles. The number of benzene rings is 3. The van der Waals surface area contributed by atoms with Crippen molar-refractivity contribution in [2.45, 2.75) is 13.0 Å². The second-order valence-electron chi connectivity index (χ2n) is 9.25. The molecule has 2 heterocycles. The molecule has 5 rings (SSSR count). The first-order valence-electron chi connectivity index (χ1n) is 12.3. The fraction of sp³-hybridized carbons (Fsp3) is 0.286. The summed E-state index contributed by atoms with van der Waals surface area (Å²) >= 11 is 0.